The molecule has 94 valence electrons. The highest BCUT2D eigenvalue weighted by Gasteiger charge is 2.09. The largest absolute Gasteiger partial charge is 0.465 e. The number of fused-ring (bicyclic) bond motifs is 2. The highest BCUT2D eigenvalue weighted by molar-refractivity contribution is 5.98. The van der Waals surface area contributed by atoms with E-state index in [-0.39, 0.29) is 5.43 Å². The normalized spacial score (nSPS) is 10.8. The number of benzene rings is 2. The third-order valence-corrected chi connectivity index (χ3v) is 3.13. The lowest BCUT2D eigenvalue weighted by Gasteiger charge is -2.04. The number of hydrogen-bond donors (Lipinski definition) is 1. The molecular weight excluding hydrogens is 242 g/mol. The highest BCUT2D eigenvalue weighted by Crippen LogP contribution is 2.16. The number of esters is 1. The summed E-state index contributed by atoms with van der Waals surface area (Å²) in [6.45, 7) is 0. The number of nitrogens with one attached hydrogen (secondary N) is 1. The van der Waals surface area contributed by atoms with Crippen molar-refractivity contribution in [2.75, 3.05) is 7.11 Å². The van der Waals surface area contributed by atoms with Crippen LogP contribution in [0.2, 0.25) is 0 Å². The summed E-state index contributed by atoms with van der Waals surface area (Å²) < 4.78 is 4.66. The van der Waals surface area contributed by atoms with E-state index in [4.69, 9.17) is 0 Å². The molecule has 0 radical (unpaired) electrons. The summed E-state index contributed by atoms with van der Waals surface area (Å²) in [4.78, 5) is 27.1. The minimum atomic E-state index is -0.450. The van der Waals surface area contributed by atoms with Crippen LogP contribution in [0.15, 0.2) is 47.3 Å². The predicted molar refractivity (Wildman–Crippen MR) is 73.4 cm³/mol. The van der Waals surface area contributed by atoms with Crippen LogP contribution in [-0.4, -0.2) is 18.1 Å². The topological polar surface area (TPSA) is 59.2 Å². The van der Waals surface area contributed by atoms with Crippen molar-refractivity contribution in [1.29, 1.82) is 0 Å². The Labute approximate surface area is 108 Å². The minimum Gasteiger partial charge on any atom is -0.465 e. The molecule has 4 heteroatoms. The number of carbonyl (C=O) groups excluding carboxylic acids is 1. The molecule has 2 aromatic carbocycles. The van der Waals surface area contributed by atoms with Crippen molar-refractivity contribution < 1.29 is 9.53 Å². The maximum absolute atomic E-state index is 12.4. The standard InChI is InChI=1S/C15H11NO3/c1-19-15(18)9-6-7-13-11(8-9)14(17)10-4-2-3-5-12(10)16-13/h2-8H,1H3,(H,16,17). The number of carbonyl (C=O) groups is 1. The van der Waals surface area contributed by atoms with Crippen molar-refractivity contribution in [3.8, 4) is 0 Å². The molecule has 0 unspecified atom stereocenters. The highest BCUT2D eigenvalue weighted by atomic mass is 16.5. The summed E-state index contributed by atoms with van der Waals surface area (Å²) in [6.07, 6.45) is 0. The Hall–Kier alpha value is -2.62. The summed E-state index contributed by atoms with van der Waals surface area (Å²) in [5, 5.41) is 1.10. The number of methoxy groups -OCH3 is 1. The predicted octanol–water partition coefficient (Wildman–Crippen LogP) is 2.47. The first-order chi connectivity index (χ1) is 9.20. The summed E-state index contributed by atoms with van der Waals surface area (Å²) >= 11 is 0. The Morgan fingerprint density at radius 1 is 1.05 bits per heavy atom. The molecule has 0 amide bonds. The molecule has 3 aromatic rings. The summed E-state index contributed by atoms with van der Waals surface area (Å²) in [5.74, 6) is -0.450. The van der Waals surface area contributed by atoms with E-state index in [0.717, 1.165) is 5.52 Å². The van der Waals surface area contributed by atoms with E-state index >= 15 is 0 Å². The molecule has 19 heavy (non-hydrogen) atoms. The Balaban J connectivity index is 2.40. The fourth-order valence-corrected chi connectivity index (χ4v) is 2.17. The lowest BCUT2D eigenvalue weighted by atomic mass is 10.1. The van der Waals surface area contributed by atoms with E-state index in [1.807, 2.05) is 18.2 Å². The minimum absolute atomic E-state index is 0.0879. The SMILES string of the molecule is COC(=O)c1ccc2[nH]c3ccccc3c(=O)c2c1. The van der Waals surface area contributed by atoms with Crippen LogP contribution >= 0.6 is 0 Å². The van der Waals surface area contributed by atoms with Gasteiger partial charge in [-0.05, 0) is 30.3 Å². The van der Waals surface area contributed by atoms with Gasteiger partial charge in [-0.3, -0.25) is 4.79 Å². The van der Waals surface area contributed by atoms with E-state index in [1.165, 1.54) is 7.11 Å². The second kappa shape index (κ2) is 4.24. The molecule has 4 nitrogen and oxygen atoms in total. The first-order valence-electron chi connectivity index (χ1n) is 5.84. The number of para-hydroxylation sites is 1. The van der Waals surface area contributed by atoms with Crippen LogP contribution in [0, 0.1) is 0 Å². The van der Waals surface area contributed by atoms with Crippen LogP contribution in [0.5, 0.6) is 0 Å². The lowest BCUT2D eigenvalue weighted by molar-refractivity contribution is 0.0601. The Bertz CT molecular complexity index is 849. The average molecular weight is 253 g/mol. The Morgan fingerprint density at radius 3 is 2.58 bits per heavy atom. The molecule has 3 rings (SSSR count). The molecule has 0 aliphatic heterocycles. The number of aromatic amines is 1. The molecule has 0 aliphatic rings. The molecule has 0 bridgehead atoms. The zero-order valence-electron chi connectivity index (χ0n) is 10.3. The van der Waals surface area contributed by atoms with Gasteiger partial charge < -0.3 is 9.72 Å². The van der Waals surface area contributed by atoms with Crippen LogP contribution in [-0.2, 0) is 4.74 Å². The van der Waals surface area contributed by atoms with Gasteiger partial charge in [-0.25, -0.2) is 4.79 Å². The van der Waals surface area contributed by atoms with Gasteiger partial charge in [-0.15, -0.1) is 0 Å². The number of aromatic nitrogens is 1. The van der Waals surface area contributed by atoms with Crippen LogP contribution < -0.4 is 5.43 Å². The maximum atomic E-state index is 12.4. The Kier molecular flexibility index (Phi) is 2.56. The van der Waals surface area contributed by atoms with Gasteiger partial charge in [0.1, 0.15) is 0 Å². The number of rotatable bonds is 1. The molecule has 0 atom stereocenters. The zero-order valence-corrected chi connectivity index (χ0v) is 10.3. The molecule has 0 aliphatic carbocycles. The van der Waals surface area contributed by atoms with Crippen molar-refractivity contribution in [2.24, 2.45) is 0 Å². The molecule has 0 saturated carbocycles. The van der Waals surface area contributed by atoms with Crippen molar-refractivity contribution >= 4 is 27.8 Å². The smallest absolute Gasteiger partial charge is 0.337 e. The van der Waals surface area contributed by atoms with Gasteiger partial charge in [0.25, 0.3) is 0 Å². The summed E-state index contributed by atoms with van der Waals surface area (Å²) in [7, 11) is 1.32. The number of pyridine rings is 1. The van der Waals surface area contributed by atoms with Gasteiger partial charge in [-0.1, -0.05) is 12.1 Å². The van der Waals surface area contributed by atoms with Crippen LogP contribution in [0.3, 0.4) is 0 Å². The Morgan fingerprint density at radius 2 is 1.79 bits per heavy atom. The van der Waals surface area contributed by atoms with Crippen LogP contribution in [0.4, 0.5) is 0 Å². The molecule has 1 heterocycles. The quantitative estimate of drug-likeness (QED) is 0.535. The third kappa shape index (κ3) is 1.78. The molecule has 0 fully saturated rings. The number of hydrogen-bond acceptors (Lipinski definition) is 3. The first kappa shape index (κ1) is 11.5. The summed E-state index contributed by atoms with van der Waals surface area (Å²) in [6, 6.07) is 12.2. The van der Waals surface area contributed by atoms with E-state index in [9.17, 15) is 9.59 Å². The average Bonchev–Trinajstić information content (AvgIpc) is 2.46. The van der Waals surface area contributed by atoms with Crippen molar-refractivity contribution in [2.45, 2.75) is 0 Å². The lowest BCUT2D eigenvalue weighted by Crippen LogP contribution is -2.07. The van der Waals surface area contributed by atoms with Crippen molar-refractivity contribution in [1.82, 2.24) is 4.98 Å². The number of H-pyrrole nitrogens is 1. The van der Waals surface area contributed by atoms with Gasteiger partial charge in [0.2, 0.25) is 0 Å². The van der Waals surface area contributed by atoms with Gasteiger partial charge in [0.05, 0.1) is 12.7 Å². The fraction of sp³-hybridized carbons (Fsp3) is 0.0667. The van der Waals surface area contributed by atoms with Crippen LogP contribution in [0.25, 0.3) is 21.8 Å². The van der Waals surface area contributed by atoms with Gasteiger partial charge in [0, 0.05) is 21.8 Å². The first-order valence-corrected chi connectivity index (χ1v) is 5.84. The van der Waals surface area contributed by atoms with E-state index in [0.29, 0.717) is 21.9 Å². The van der Waals surface area contributed by atoms with Crippen molar-refractivity contribution in [3.63, 3.8) is 0 Å². The van der Waals surface area contributed by atoms with E-state index in [1.54, 1.807) is 24.3 Å². The molecular formula is C15H11NO3. The fourth-order valence-electron chi connectivity index (χ4n) is 2.17. The molecule has 1 aromatic heterocycles. The molecule has 0 saturated heterocycles. The third-order valence-electron chi connectivity index (χ3n) is 3.13. The van der Waals surface area contributed by atoms with E-state index < -0.39 is 5.97 Å². The van der Waals surface area contributed by atoms with Crippen molar-refractivity contribution in [3.05, 3.63) is 58.3 Å². The summed E-state index contributed by atoms with van der Waals surface area (Å²) in [5.41, 5.74) is 1.77. The molecule has 0 spiro atoms. The van der Waals surface area contributed by atoms with Crippen LogP contribution in [0.1, 0.15) is 10.4 Å². The second-order valence-electron chi connectivity index (χ2n) is 4.25. The van der Waals surface area contributed by atoms with Gasteiger partial charge >= 0.3 is 5.97 Å². The monoisotopic (exact) mass is 253 g/mol. The maximum Gasteiger partial charge on any atom is 0.337 e. The zero-order chi connectivity index (χ0) is 13.4. The van der Waals surface area contributed by atoms with E-state index in [2.05, 4.69) is 9.72 Å². The second-order valence-corrected chi connectivity index (χ2v) is 4.25. The molecule has 1 N–H and O–H groups in total. The van der Waals surface area contributed by atoms with Gasteiger partial charge in [0.15, 0.2) is 5.43 Å². The van der Waals surface area contributed by atoms with Gasteiger partial charge in [-0.2, -0.15) is 0 Å². The number of ether oxygens (including phenoxy) is 1.